The SMILES string of the molecule is Cc1ccc(Nc2nccc(Nc3ccc(Br)cc3C)n2)cc1. The minimum absolute atomic E-state index is 0.564. The van der Waals surface area contributed by atoms with Crippen LogP contribution in [-0.4, -0.2) is 9.97 Å². The van der Waals surface area contributed by atoms with E-state index in [4.69, 9.17) is 0 Å². The van der Waals surface area contributed by atoms with Gasteiger partial charge in [0, 0.05) is 22.0 Å². The third-order valence-corrected chi connectivity index (χ3v) is 3.91. The maximum atomic E-state index is 4.50. The summed E-state index contributed by atoms with van der Waals surface area (Å²) in [6, 6.07) is 16.1. The van der Waals surface area contributed by atoms with Crippen molar-refractivity contribution in [2.45, 2.75) is 13.8 Å². The van der Waals surface area contributed by atoms with Crippen molar-refractivity contribution in [2.75, 3.05) is 10.6 Å². The molecule has 0 radical (unpaired) electrons. The van der Waals surface area contributed by atoms with Gasteiger partial charge < -0.3 is 10.6 Å². The van der Waals surface area contributed by atoms with E-state index < -0.39 is 0 Å². The van der Waals surface area contributed by atoms with Gasteiger partial charge in [-0.1, -0.05) is 33.6 Å². The molecule has 0 atom stereocenters. The molecule has 0 saturated carbocycles. The molecule has 23 heavy (non-hydrogen) atoms. The van der Waals surface area contributed by atoms with E-state index in [1.165, 1.54) is 5.56 Å². The lowest BCUT2D eigenvalue weighted by atomic mass is 10.2. The molecule has 1 aromatic heterocycles. The summed E-state index contributed by atoms with van der Waals surface area (Å²) in [6.45, 7) is 4.12. The van der Waals surface area contributed by atoms with Crippen LogP contribution in [0.15, 0.2) is 59.2 Å². The van der Waals surface area contributed by atoms with E-state index in [0.717, 1.165) is 27.2 Å². The third-order valence-electron chi connectivity index (χ3n) is 3.41. The van der Waals surface area contributed by atoms with Crippen molar-refractivity contribution in [3.63, 3.8) is 0 Å². The van der Waals surface area contributed by atoms with Crippen molar-refractivity contribution in [3.05, 3.63) is 70.3 Å². The van der Waals surface area contributed by atoms with Gasteiger partial charge in [0.2, 0.25) is 5.95 Å². The van der Waals surface area contributed by atoms with Crippen molar-refractivity contribution in [2.24, 2.45) is 0 Å². The number of anilines is 4. The smallest absolute Gasteiger partial charge is 0.229 e. The first-order chi connectivity index (χ1) is 11.1. The van der Waals surface area contributed by atoms with Gasteiger partial charge in [0.25, 0.3) is 0 Å². The summed E-state index contributed by atoms with van der Waals surface area (Å²) in [4.78, 5) is 8.77. The normalized spacial score (nSPS) is 10.4. The second-order valence-corrected chi connectivity index (χ2v) is 6.26. The molecule has 0 bridgehead atoms. The van der Waals surface area contributed by atoms with E-state index in [9.17, 15) is 0 Å². The summed E-state index contributed by atoms with van der Waals surface area (Å²) in [5.74, 6) is 1.31. The number of nitrogens with zero attached hydrogens (tertiary/aromatic N) is 2. The minimum atomic E-state index is 0.564. The van der Waals surface area contributed by atoms with E-state index in [2.05, 4.69) is 68.6 Å². The van der Waals surface area contributed by atoms with Crippen LogP contribution in [0.1, 0.15) is 11.1 Å². The van der Waals surface area contributed by atoms with E-state index in [0.29, 0.717) is 5.95 Å². The van der Waals surface area contributed by atoms with E-state index >= 15 is 0 Å². The van der Waals surface area contributed by atoms with Crippen LogP contribution in [0.4, 0.5) is 23.1 Å². The van der Waals surface area contributed by atoms with Crippen molar-refractivity contribution in [3.8, 4) is 0 Å². The molecule has 0 spiro atoms. The predicted octanol–water partition coefficient (Wildman–Crippen LogP) is 5.34. The summed E-state index contributed by atoms with van der Waals surface area (Å²) in [5.41, 5.74) is 4.35. The Morgan fingerprint density at radius 1 is 0.913 bits per heavy atom. The Labute approximate surface area is 144 Å². The highest BCUT2D eigenvalue weighted by Gasteiger charge is 2.03. The lowest BCUT2D eigenvalue weighted by Crippen LogP contribution is -2.01. The highest BCUT2D eigenvalue weighted by atomic mass is 79.9. The topological polar surface area (TPSA) is 49.8 Å². The van der Waals surface area contributed by atoms with Gasteiger partial charge in [-0.05, 0) is 55.8 Å². The zero-order chi connectivity index (χ0) is 16.2. The molecule has 1 heterocycles. The predicted molar refractivity (Wildman–Crippen MR) is 98.7 cm³/mol. The second-order valence-electron chi connectivity index (χ2n) is 5.34. The van der Waals surface area contributed by atoms with Crippen molar-refractivity contribution < 1.29 is 0 Å². The standard InChI is InChI=1S/C18H17BrN4/c1-12-3-6-15(7-4-12)21-18-20-10-9-17(23-18)22-16-8-5-14(19)11-13(16)2/h3-11H,1-2H3,(H2,20,21,22,23). The molecule has 2 N–H and O–H groups in total. The third kappa shape index (κ3) is 4.07. The van der Waals surface area contributed by atoms with Gasteiger partial charge in [0.1, 0.15) is 5.82 Å². The molecular formula is C18H17BrN4. The molecule has 2 aromatic carbocycles. The number of hydrogen-bond donors (Lipinski definition) is 2. The molecule has 3 rings (SSSR count). The number of halogens is 1. The first-order valence-electron chi connectivity index (χ1n) is 7.30. The zero-order valence-corrected chi connectivity index (χ0v) is 14.6. The highest BCUT2D eigenvalue weighted by molar-refractivity contribution is 9.10. The van der Waals surface area contributed by atoms with Gasteiger partial charge in [-0.15, -0.1) is 0 Å². The molecule has 0 fully saturated rings. The second kappa shape index (κ2) is 6.79. The summed E-state index contributed by atoms with van der Waals surface area (Å²) in [7, 11) is 0. The van der Waals surface area contributed by atoms with Crippen molar-refractivity contribution >= 4 is 39.1 Å². The summed E-state index contributed by atoms with van der Waals surface area (Å²) < 4.78 is 1.06. The first-order valence-corrected chi connectivity index (χ1v) is 8.09. The molecule has 0 unspecified atom stereocenters. The molecule has 0 amide bonds. The monoisotopic (exact) mass is 368 g/mol. The maximum Gasteiger partial charge on any atom is 0.229 e. The van der Waals surface area contributed by atoms with Crippen LogP contribution in [-0.2, 0) is 0 Å². The molecular weight excluding hydrogens is 352 g/mol. The van der Waals surface area contributed by atoms with Crippen molar-refractivity contribution in [1.29, 1.82) is 0 Å². The van der Waals surface area contributed by atoms with Gasteiger partial charge in [-0.25, -0.2) is 4.98 Å². The Bertz CT molecular complexity index is 816. The van der Waals surface area contributed by atoms with Gasteiger partial charge in [0.05, 0.1) is 0 Å². The van der Waals surface area contributed by atoms with Crippen LogP contribution < -0.4 is 10.6 Å². The van der Waals surface area contributed by atoms with Crippen LogP contribution >= 0.6 is 15.9 Å². The summed E-state index contributed by atoms with van der Waals surface area (Å²) in [5, 5.41) is 6.53. The van der Waals surface area contributed by atoms with Crippen LogP contribution in [0.5, 0.6) is 0 Å². The quantitative estimate of drug-likeness (QED) is 0.652. The van der Waals surface area contributed by atoms with Crippen LogP contribution in [0.25, 0.3) is 0 Å². The Kier molecular flexibility index (Phi) is 4.57. The number of aromatic nitrogens is 2. The number of rotatable bonds is 4. The fourth-order valence-electron chi connectivity index (χ4n) is 2.16. The van der Waals surface area contributed by atoms with Gasteiger partial charge in [-0.2, -0.15) is 4.98 Å². The van der Waals surface area contributed by atoms with E-state index in [-0.39, 0.29) is 0 Å². The molecule has 0 aliphatic rings. The van der Waals surface area contributed by atoms with Gasteiger partial charge in [-0.3, -0.25) is 0 Å². The fourth-order valence-corrected chi connectivity index (χ4v) is 2.64. The molecule has 3 aromatic rings. The van der Waals surface area contributed by atoms with Gasteiger partial charge >= 0.3 is 0 Å². The molecule has 0 saturated heterocycles. The number of nitrogens with one attached hydrogen (secondary N) is 2. The minimum Gasteiger partial charge on any atom is -0.340 e. The van der Waals surface area contributed by atoms with E-state index in [1.807, 2.05) is 30.3 Å². The lowest BCUT2D eigenvalue weighted by Gasteiger charge is -2.11. The number of hydrogen-bond acceptors (Lipinski definition) is 4. The Hall–Kier alpha value is -2.40. The van der Waals surface area contributed by atoms with Gasteiger partial charge in [0.15, 0.2) is 0 Å². The van der Waals surface area contributed by atoms with Crippen LogP contribution in [0.2, 0.25) is 0 Å². The largest absolute Gasteiger partial charge is 0.340 e. The molecule has 116 valence electrons. The summed E-state index contributed by atoms with van der Waals surface area (Å²) >= 11 is 3.47. The molecule has 4 nitrogen and oxygen atoms in total. The Balaban J connectivity index is 1.78. The van der Waals surface area contributed by atoms with Crippen molar-refractivity contribution in [1.82, 2.24) is 9.97 Å². The van der Waals surface area contributed by atoms with Crippen LogP contribution in [0.3, 0.4) is 0 Å². The number of aryl methyl sites for hydroxylation is 2. The molecule has 0 aliphatic heterocycles. The molecule has 5 heteroatoms. The zero-order valence-electron chi connectivity index (χ0n) is 13.0. The Morgan fingerprint density at radius 3 is 2.43 bits per heavy atom. The number of benzene rings is 2. The maximum absolute atomic E-state index is 4.50. The lowest BCUT2D eigenvalue weighted by molar-refractivity contribution is 1.16. The van der Waals surface area contributed by atoms with Crippen LogP contribution in [0, 0.1) is 13.8 Å². The first kappa shape index (κ1) is 15.5. The average Bonchev–Trinajstić information content (AvgIpc) is 2.53. The Morgan fingerprint density at radius 2 is 1.70 bits per heavy atom. The summed E-state index contributed by atoms with van der Waals surface area (Å²) in [6.07, 6.45) is 1.74. The van der Waals surface area contributed by atoms with E-state index in [1.54, 1.807) is 6.20 Å². The average molecular weight is 369 g/mol. The highest BCUT2D eigenvalue weighted by Crippen LogP contribution is 2.23. The molecule has 0 aliphatic carbocycles. The fraction of sp³-hybridized carbons (Fsp3) is 0.111.